The van der Waals surface area contributed by atoms with Crippen molar-refractivity contribution in [1.82, 2.24) is 9.97 Å². The molecule has 1 N–H and O–H groups in total. The van der Waals surface area contributed by atoms with Gasteiger partial charge in [0.1, 0.15) is 23.8 Å². The van der Waals surface area contributed by atoms with Crippen molar-refractivity contribution in [2.45, 2.75) is 0 Å². The predicted molar refractivity (Wildman–Crippen MR) is 89.1 cm³/mol. The first-order valence-electron chi connectivity index (χ1n) is 7.60. The number of carbonyl (C=O) groups is 1. The molecule has 124 valence electrons. The summed E-state index contributed by atoms with van der Waals surface area (Å²) in [5, 5.41) is 2.69. The quantitative estimate of drug-likeness (QED) is 0.871. The van der Waals surface area contributed by atoms with Crippen molar-refractivity contribution in [2.75, 3.05) is 36.5 Å². The minimum absolute atomic E-state index is 0.312. The highest BCUT2D eigenvalue weighted by Gasteiger charge is 2.13. The highest BCUT2D eigenvalue weighted by Crippen LogP contribution is 2.15. The maximum Gasteiger partial charge on any atom is 0.249 e. The van der Waals surface area contributed by atoms with Gasteiger partial charge >= 0.3 is 0 Å². The SMILES string of the molecule is O=C(C=Cc1ccc(F)cc1)Nc1cc(N2CCOCC2)ncn1. The van der Waals surface area contributed by atoms with Crippen LogP contribution in [0.4, 0.5) is 16.0 Å². The third-order valence-electron chi connectivity index (χ3n) is 3.54. The summed E-state index contributed by atoms with van der Waals surface area (Å²) in [7, 11) is 0. The normalized spacial score (nSPS) is 14.8. The molecule has 0 spiro atoms. The number of nitrogens with one attached hydrogen (secondary N) is 1. The van der Waals surface area contributed by atoms with E-state index in [-0.39, 0.29) is 11.7 Å². The van der Waals surface area contributed by atoms with Crippen LogP contribution < -0.4 is 10.2 Å². The Labute approximate surface area is 139 Å². The zero-order valence-corrected chi connectivity index (χ0v) is 13.0. The second kappa shape index (κ2) is 7.65. The lowest BCUT2D eigenvalue weighted by atomic mass is 10.2. The van der Waals surface area contributed by atoms with Gasteiger partial charge in [-0.1, -0.05) is 12.1 Å². The number of rotatable bonds is 4. The summed E-state index contributed by atoms with van der Waals surface area (Å²) >= 11 is 0. The molecule has 1 aromatic carbocycles. The number of carbonyl (C=O) groups excluding carboxylic acids is 1. The Kier molecular flexibility index (Phi) is 5.12. The van der Waals surface area contributed by atoms with Crippen LogP contribution in [0.25, 0.3) is 6.08 Å². The lowest BCUT2D eigenvalue weighted by Crippen LogP contribution is -2.36. The van der Waals surface area contributed by atoms with E-state index in [0.29, 0.717) is 19.0 Å². The fourth-order valence-electron chi connectivity index (χ4n) is 2.29. The summed E-state index contributed by atoms with van der Waals surface area (Å²) < 4.78 is 18.1. The van der Waals surface area contributed by atoms with Crippen LogP contribution in [0, 0.1) is 5.82 Å². The molecule has 1 aliphatic heterocycles. The highest BCUT2D eigenvalue weighted by molar-refractivity contribution is 6.01. The molecule has 1 aromatic heterocycles. The number of amides is 1. The van der Waals surface area contributed by atoms with Gasteiger partial charge in [-0.25, -0.2) is 14.4 Å². The molecule has 0 radical (unpaired) electrons. The maximum absolute atomic E-state index is 12.8. The van der Waals surface area contributed by atoms with Crippen LogP contribution in [0.15, 0.2) is 42.7 Å². The number of nitrogens with zero attached hydrogens (tertiary/aromatic N) is 3. The smallest absolute Gasteiger partial charge is 0.249 e. The number of aromatic nitrogens is 2. The molecule has 3 rings (SSSR count). The van der Waals surface area contributed by atoms with E-state index in [9.17, 15) is 9.18 Å². The Morgan fingerprint density at radius 2 is 1.96 bits per heavy atom. The Hall–Kier alpha value is -2.80. The molecule has 1 aliphatic rings. The van der Waals surface area contributed by atoms with Gasteiger partial charge in [0, 0.05) is 25.2 Å². The number of ether oxygens (including phenoxy) is 1. The van der Waals surface area contributed by atoms with Crippen molar-refractivity contribution in [1.29, 1.82) is 0 Å². The van der Waals surface area contributed by atoms with Crippen molar-refractivity contribution in [2.24, 2.45) is 0 Å². The number of hydrogen-bond donors (Lipinski definition) is 1. The van der Waals surface area contributed by atoms with Crippen LogP contribution in [0.2, 0.25) is 0 Å². The summed E-state index contributed by atoms with van der Waals surface area (Å²) in [4.78, 5) is 22.3. The first-order chi connectivity index (χ1) is 11.7. The van der Waals surface area contributed by atoms with E-state index in [2.05, 4.69) is 20.2 Å². The van der Waals surface area contributed by atoms with Gasteiger partial charge in [0.25, 0.3) is 0 Å². The van der Waals surface area contributed by atoms with E-state index in [1.54, 1.807) is 24.3 Å². The number of hydrogen-bond acceptors (Lipinski definition) is 5. The van der Waals surface area contributed by atoms with Crippen LogP contribution >= 0.6 is 0 Å². The van der Waals surface area contributed by atoms with E-state index in [4.69, 9.17) is 4.74 Å². The van der Waals surface area contributed by atoms with Gasteiger partial charge in [0.2, 0.25) is 5.91 Å². The lowest BCUT2D eigenvalue weighted by molar-refractivity contribution is -0.111. The molecular weight excluding hydrogens is 311 g/mol. The second-order valence-electron chi connectivity index (χ2n) is 5.24. The Morgan fingerprint density at radius 1 is 1.21 bits per heavy atom. The van der Waals surface area contributed by atoms with Crippen molar-refractivity contribution in [3.8, 4) is 0 Å². The van der Waals surface area contributed by atoms with Gasteiger partial charge in [-0.3, -0.25) is 4.79 Å². The molecule has 1 saturated heterocycles. The molecule has 0 atom stereocenters. The largest absolute Gasteiger partial charge is 0.378 e. The van der Waals surface area contributed by atoms with Gasteiger partial charge in [0.15, 0.2) is 0 Å². The second-order valence-corrected chi connectivity index (χ2v) is 5.24. The van der Waals surface area contributed by atoms with E-state index in [0.717, 1.165) is 24.5 Å². The zero-order chi connectivity index (χ0) is 16.8. The standard InChI is InChI=1S/C17H17FN4O2/c18-14-4-1-13(2-5-14)3-6-17(23)21-15-11-16(20-12-19-15)22-7-9-24-10-8-22/h1-6,11-12H,7-10H2,(H,19,20,21,23). The van der Waals surface area contributed by atoms with Crippen LogP contribution in [-0.4, -0.2) is 42.2 Å². The molecule has 1 amide bonds. The first kappa shape index (κ1) is 16.1. The maximum atomic E-state index is 12.8. The molecule has 1 fully saturated rings. The van der Waals surface area contributed by atoms with E-state index < -0.39 is 0 Å². The molecule has 0 unspecified atom stereocenters. The molecule has 24 heavy (non-hydrogen) atoms. The highest BCUT2D eigenvalue weighted by atomic mass is 19.1. The van der Waals surface area contributed by atoms with Gasteiger partial charge < -0.3 is 15.0 Å². The molecule has 7 heteroatoms. The molecule has 0 aliphatic carbocycles. The minimum atomic E-state index is -0.314. The first-order valence-corrected chi connectivity index (χ1v) is 7.60. The van der Waals surface area contributed by atoms with Crippen molar-refractivity contribution < 1.29 is 13.9 Å². The summed E-state index contributed by atoms with van der Waals surface area (Å²) in [5.74, 6) is 0.561. The monoisotopic (exact) mass is 328 g/mol. The molecule has 2 aromatic rings. The summed E-state index contributed by atoms with van der Waals surface area (Å²) in [6.45, 7) is 2.84. The van der Waals surface area contributed by atoms with Gasteiger partial charge in [0.05, 0.1) is 13.2 Å². The fourth-order valence-corrected chi connectivity index (χ4v) is 2.29. The third kappa shape index (κ3) is 4.36. The lowest BCUT2D eigenvalue weighted by Gasteiger charge is -2.27. The molecule has 0 bridgehead atoms. The average molecular weight is 328 g/mol. The molecule has 0 saturated carbocycles. The summed E-state index contributed by atoms with van der Waals surface area (Å²) in [5.41, 5.74) is 0.739. The van der Waals surface area contributed by atoms with E-state index >= 15 is 0 Å². The molecule has 2 heterocycles. The van der Waals surface area contributed by atoms with Crippen molar-refractivity contribution >= 4 is 23.6 Å². The zero-order valence-electron chi connectivity index (χ0n) is 13.0. The van der Waals surface area contributed by atoms with Crippen molar-refractivity contribution in [3.63, 3.8) is 0 Å². The van der Waals surface area contributed by atoms with Crippen molar-refractivity contribution in [3.05, 3.63) is 54.1 Å². The molecular formula is C17H17FN4O2. The summed E-state index contributed by atoms with van der Waals surface area (Å²) in [6.07, 6.45) is 4.41. The van der Waals surface area contributed by atoms with Gasteiger partial charge in [-0.2, -0.15) is 0 Å². The van der Waals surface area contributed by atoms with Crippen LogP contribution in [-0.2, 0) is 9.53 Å². The number of benzene rings is 1. The minimum Gasteiger partial charge on any atom is -0.378 e. The average Bonchev–Trinajstić information content (AvgIpc) is 2.62. The third-order valence-corrected chi connectivity index (χ3v) is 3.54. The van der Waals surface area contributed by atoms with E-state index in [1.807, 2.05) is 0 Å². The Balaban J connectivity index is 1.62. The van der Waals surface area contributed by atoms with Crippen LogP contribution in [0.1, 0.15) is 5.56 Å². The Bertz CT molecular complexity index is 728. The number of anilines is 2. The predicted octanol–water partition coefficient (Wildman–Crippen LogP) is 2.10. The topological polar surface area (TPSA) is 67.4 Å². The summed E-state index contributed by atoms with van der Waals surface area (Å²) in [6, 6.07) is 7.61. The Morgan fingerprint density at radius 3 is 2.71 bits per heavy atom. The van der Waals surface area contributed by atoms with Gasteiger partial charge in [-0.05, 0) is 23.8 Å². The van der Waals surface area contributed by atoms with Crippen LogP contribution in [0.3, 0.4) is 0 Å². The fraction of sp³-hybridized carbons (Fsp3) is 0.235. The van der Waals surface area contributed by atoms with Crippen LogP contribution in [0.5, 0.6) is 0 Å². The number of halogens is 1. The number of morpholine rings is 1. The van der Waals surface area contributed by atoms with E-state index in [1.165, 1.54) is 24.5 Å². The molecule has 6 nitrogen and oxygen atoms in total. The van der Waals surface area contributed by atoms with Gasteiger partial charge in [-0.15, -0.1) is 0 Å².